The number of benzene rings is 4. The number of hydrogen-bond acceptors (Lipinski definition) is 13. The molecule has 3 unspecified atom stereocenters. The van der Waals surface area contributed by atoms with E-state index >= 15 is 0 Å². The summed E-state index contributed by atoms with van der Waals surface area (Å²) in [7, 11) is 0. The maximum absolute atomic E-state index is 13.4. The van der Waals surface area contributed by atoms with Crippen LogP contribution in [0.1, 0.15) is 151 Å². The molecule has 0 saturated carbocycles. The summed E-state index contributed by atoms with van der Waals surface area (Å²) in [6.45, 7) is 29.4. The summed E-state index contributed by atoms with van der Waals surface area (Å²) in [5.74, 6) is -0.0555. The number of nitrogens with zero attached hydrogens (tertiary/aromatic N) is 4. The van der Waals surface area contributed by atoms with Crippen molar-refractivity contribution >= 4 is 23.0 Å². The zero-order chi connectivity index (χ0) is 63.4. The fourth-order valence-electron chi connectivity index (χ4n) is 13.4. The normalized spacial score (nSPS) is 33.8. The van der Waals surface area contributed by atoms with E-state index in [-0.39, 0.29) is 30.3 Å². The molecule has 3 saturated heterocycles. The first-order valence-electron chi connectivity index (χ1n) is 32.1. The van der Waals surface area contributed by atoms with Crippen LogP contribution in [-0.4, -0.2) is 102 Å². The van der Waals surface area contributed by atoms with Crippen LogP contribution in [0.2, 0.25) is 0 Å². The third kappa shape index (κ3) is 15.6. The lowest BCUT2D eigenvalue weighted by Gasteiger charge is -2.49. The molecule has 474 valence electrons. The number of nitriles is 1. The molecule has 10 rings (SSSR count). The highest BCUT2D eigenvalue weighted by Gasteiger charge is 2.60. The van der Waals surface area contributed by atoms with Gasteiger partial charge in [0.05, 0.1) is 117 Å². The molecule has 4 aromatic rings. The number of aliphatic imine (C=N–C) groups is 3. The van der Waals surface area contributed by atoms with Gasteiger partial charge >= 0.3 is 0 Å². The maximum Gasteiger partial charge on any atom is 0.225 e. The highest BCUT2D eigenvalue weighted by Crippen LogP contribution is 2.53. The quantitative estimate of drug-likeness (QED) is 0.0849. The number of carbonyl (C=O) groups excluding carboxylic acids is 1. The van der Waals surface area contributed by atoms with E-state index in [0.29, 0.717) is 78.2 Å². The van der Waals surface area contributed by atoms with Gasteiger partial charge in [0.25, 0.3) is 0 Å². The fourth-order valence-corrected chi connectivity index (χ4v) is 13.4. The summed E-state index contributed by atoms with van der Waals surface area (Å²) in [4.78, 5) is 29.9. The fraction of sp³-hybridized carbons (Fsp3) is 0.533. The third-order valence-corrected chi connectivity index (χ3v) is 19.0. The van der Waals surface area contributed by atoms with E-state index in [1.807, 2.05) is 100 Å². The molecular weight excluding hydrogens is 1110 g/mol. The lowest BCUT2D eigenvalue weighted by Crippen LogP contribution is -2.59. The molecule has 4 aromatic carbocycles. The average molecular weight is 1210 g/mol. The Labute approximate surface area is 529 Å². The number of nitrogens with one attached hydrogen (secondary N) is 1. The highest BCUT2D eigenvalue weighted by atomic mass is 16.6. The van der Waals surface area contributed by atoms with Crippen molar-refractivity contribution in [3.63, 3.8) is 0 Å². The summed E-state index contributed by atoms with van der Waals surface area (Å²) < 4.78 is 54.9. The van der Waals surface area contributed by atoms with E-state index in [4.69, 9.17) is 52.9 Å². The molecule has 0 bridgehead atoms. The van der Waals surface area contributed by atoms with Crippen molar-refractivity contribution in [1.29, 1.82) is 5.26 Å². The molecule has 0 radical (unpaired) electrons. The van der Waals surface area contributed by atoms with Crippen molar-refractivity contribution in [2.45, 2.75) is 221 Å². The number of hydrogen-bond donors (Lipinski definition) is 1. The average Bonchev–Trinajstić information content (AvgIpc) is 1.69. The SMILES string of the molecule is C[C@H]1O[C@@H]([C@]2(C)CC(/C=C3/CC(C)(COC(C)(C)C)C(/C=C4N=C(/C=C5\NC(=O)CC5(C)COC(C)(C)C)C[C@@]\4(C)[C@@H]4O[C@H](C)[C@H](OCc5ccccc5)C[C@H]4OCc4ccccc4)=N3)=NC2(C)C#N)[C@H](OCc2ccccc2)C[C@H]1OCc1ccccc1. The van der Waals surface area contributed by atoms with Crippen molar-refractivity contribution in [2.75, 3.05) is 13.2 Å². The number of rotatable bonds is 21. The molecule has 0 spiro atoms. The molecule has 14 nitrogen and oxygen atoms in total. The largest absolute Gasteiger partial charge is 0.375 e. The second-order valence-electron chi connectivity index (χ2n) is 29.0. The minimum atomic E-state index is -1.18. The minimum absolute atomic E-state index is 0.0555. The van der Waals surface area contributed by atoms with Crippen LogP contribution in [-0.2, 0) is 69.1 Å². The summed E-state index contributed by atoms with van der Waals surface area (Å²) >= 11 is 0. The number of ether oxygens (including phenoxy) is 8. The zero-order valence-corrected chi connectivity index (χ0v) is 54.8. The van der Waals surface area contributed by atoms with Gasteiger partial charge in [0.1, 0.15) is 0 Å². The standard InChI is InChI=1S/C75H95N5O9/c1-50-59(82-43-52-26-18-14-19-27-52)36-61(84-45-54-30-22-16-23-31-54)67(88-50)73(11)40-57(35-63-72(10,42-66(81)79-63)49-87-70(6,7)8)78-65(73)38-64-71(9,48-86-69(3,4)5)39-56(77-64)34-58-41-74(12,75(13,47-76)80-58)68-62(85-46-55-32-24-17-25-33-55)37-60(51(2)89-68)83-44-53-28-20-15-21-29-53/h14-35,38,50-51,59-62,67-68H,36-37,39-46,48-49H2,1-13H3,(H,79,81)/b56-34-,63-35-,65-38-/t50-,51-,59-,60-,61-,62-,67-,68-,71?,72?,73-,74+,75?/m1/s1. The van der Waals surface area contributed by atoms with E-state index in [1.165, 1.54) is 0 Å². The van der Waals surface area contributed by atoms with Crippen LogP contribution in [0.5, 0.6) is 0 Å². The van der Waals surface area contributed by atoms with E-state index in [9.17, 15) is 10.1 Å². The van der Waals surface area contributed by atoms with Gasteiger partial charge in [-0.25, -0.2) is 0 Å². The Kier molecular flexibility index (Phi) is 19.9. The molecule has 1 N–H and O–H groups in total. The van der Waals surface area contributed by atoms with Gasteiger partial charge in [-0.2, -0.15) is 5.26 Å². The van der Waals surface area contributed by atoms with E-state index in [1.54, 1.807) is 0 Å². The predicted octanol–water partition coefficient (Wildman–Crippen LogP) is 14.3. The van der Waals surface area contributed by atoms with Crippen LogP contribution in [0.25, 0.3) is 0 Å². The van der Waals surface area contributed by atoms with Crippen molar-refractivity contribution < 1.29 is 42.7 Å². The predicted molar refractivity (Wildman–Crippen MR) is 349 cm³/mol. The number of carbonyl (C=O) groups is 1. The maximum atomic E-state index is 13.4. The van der Waals surface area contributed by atoms with Gasteiger partial charge in [-0.15, -0.1) is 0 Å². The van der Waals surface area contributed by atoms with E-state index < -0.39 is 62.8 Å². The summed E-state index contributed by atoms with van der Waals surface area (Å²) in [5.41, 5.74) is 4.20. The summed E-state index contributed by atoms with van der Waals surface area (Å²) in [5, 5.41) is 14.5. The Hall–Kier alpha value is -6.25. The first kappa shape index (κ1) is 65.7. The van der Waals surface area contributed by atoms with Crippen molar-refractivity contribution in [3.05, 3.63) is 179 Å². The van der Waals surface area contributed by atoms with Gasteiger partial charge in [-0.05, 0) is 103 Å². The van der Waals surface area contributed by atoms with Crippen molar-refractivity contribution in [2.24, 2.45) is 36.6 Å². The molecule has 1 amide bonds. The molecule has 0 aromatic heterocycles. The molecule has 3 fully saturated rings. The van der Waals surface area contributed by atoms with Gasteiger partial charge in [0.15, 0.2) is 5.54 Å². The van der Waals surface area contributed by atoms with Crippen LogP contribution in [0.3, 0.4) is 0 Å². The number of amides is 1. The Morgan fingerprint density at radius 3 is 1.48 bits per heavy atom. The van der Waals surface area contributed by atoms with Crippen molar-refractivity contribution in [1.82, 2.24) is 5.32 Å². The van der Waals surface area contributed by atoms with Crippen LogP contribution in [0.4, 0.5) is 0 Å². The van der Waals surface area contributed by atoms with Gasteiger partial charge < -0.3 is 43.2 Å². The molecule has 0 aliphatic carbocycles. The van der Waals surface area contributed by atoms with E-state index in [2.05, 4.69) is 140 Å². The first-order chi connectivity index (χ1) is 42.2. The van der Waals surface area contributed by atoms with Gasteiger partial charge in [0.2, 0.25) is 5.91 Å². The Morgan fingerprint density at radius 1 is 0.562 bits per heavy atom. The first-order valence-corrected chi connectivity index (χ1v) is 32.1. The van der Waals surface area contributed by atoms with Crippen molar-refractivity contribution in [3.8, 4) is 6.07 Å². The zero-order valence-electron chi connectivity index (χ0n) is 54.8. The smallest absolute Gasteiger partial charge is 0.225 e. The summed E-state index contributed by atoms with van der Waals surface area (Å²) in [6.07, 6.45) is 6.37. The molecule has 13 atom stereocenters. The minimum Gasteiger partial charge on any atom is -0.375 e. The lowest BCUT2D eigenvalue weighted by molar-refractivity contribution is -0.230. The van der Waals surface area contributed by atoms with Crippen LogP contribution in [0.15, 0.2) is 172 Å². The Morgan fingerprint density at radius 2 is 1.01 bits per heavy atom. The molecule has 14 heteroatoms. The molecular formula is C75H95N5O9. The molecule has 6 heterocycles. The van der Waals surface area contributed by atoms with E-state index in [0.717, 1.165) is 56.5 Å². The second-order valence-corrected chi connectivity index (χ2v) is 29.0. The third-order valence-electron chi connectivity index (χ3n) is 19.0. The van der Waals surface area contributed by atoms with Gasteiger partial charge in [0, 0.05) is 83.0 Å². The van der Waals surface area contributed by atoms with Gasteiger partial charge in [-0.1, -0.05) is 149 Å². The topological polar surface area (TPSA) is 164 Å². The molecule has 6 aliphatic rings. The van der Waals surface area contributed by atoms with Gasteiger partial charge in [-0.3, -0.25) is 19.8 Å². The Bertz CT molecular complexity index is 3350. The lowest BCUT2D eigenvalue weighted by atomic mass is 9.65. The van der Waals surface area contributed by atoms with Crippen LogP contribution in [0, 0.1) is 33.0 Å². The second kappa shape index (κ2) is 26.9. The van der Waals surface area contributed by atoms with Crippen LogP contribution >= 0.6 is 0 Å². The monoisotopic (exact) mass is 1210 g/mol. The van der Waals surface area contributed by atoms with Crippen LogP contribution < -0.4 is 5.32 Å². The highest BCUT2D eigenvalue weighted by molar-refractivity contribution is 6.06. The summed E-state index contributed by atoms with van der Waals surface area (Å²) in [6, 6.07) is 43.5. The molecule has 6 aliphatic heterocycles. The molecule has 89 heavy (non-hydrogen) atoms. The number of allylic oxidation sites excluding steroid dienone is 4. The Balaban J connectivity index is 1.02.